The van der Waals surface area contributed by atoms with Gasteiger partial charge in [0.15, 0.2) is 0 Å². The van der Waals surface area contributed by atoms with E-state index in [2.05, 4.69) is 10.6 Å². The van der Waals surface area contributed by atoms with Crippen molar-refractivity contribution in [2.45, 2.75) is 50.7 Å². The summed E-state index contributed by atoms with van der Waals surface area (Å²) in [4.78, 5) is 11.5. The Labute approximate surface area is 97.1 Å². The van der Waals surface area contributed by atoms with Crippen molar-refractivity contribution in [1.29, 1.82) is 0 Å². The van der Waals surface area contributed by atoms with E-state index in [9.17, 15) is 4.79 Å². The molecule has 0 aromatic carbocycles. The quantitative estimate of drug-likeness (QED) is 0.729. The minimum atomic E-state index is 0.0994. The molecule has 1 aliphatic heterocycles. The van der Waals surface area contributed by atoms with Crippen molar-refractivity contribution in [1.82, 2.24) is 10.6 Å². The summed E-state index contributed by atoms with van der Waals surface area (Å²) < 4.78 is 5.45. The summed E-state index contributed by atoms with van der Waals surface area (Å²) in [6.45, 7) is 1.98. The maximum Gasteiger partial charge on any atom is 0.234 e. The molecule has 2 rings (SSSR count). The lowest BCUT2D eigenvalue weighted by molar-refractivity contribution is -0.120. The summed E-state index contributed by atoms with van der Waals surface area (Å²) >= 11 is 0. The first-order chi connectivity index (χ1) is 7.84. The van der Waals surface area contributed by atoms with Gasteiger partial charge in [0.25, 0.3) is 0 Å². The number of hydrogen-bond acceptors (Lipinski definition) is 3. The molecule has 1 aliphatic carbocycles. The fraction of sp³-hybridized carbons (Fsp3) is 0.917. The zero-order chi connectivity index (χ0) is 11.2. The largest absolute Gasteiger partial charge is 0.376 e. The van der Waals surface area contributed by atoms with E-state index in [1.165, 1.54) is 25.7 Å². The third kappa shape index (κ3) is 3.76. The van der Waals surface area contributed by atoms with Crippen LogP contribution in [0.2, 0.25) is 0 Å². The summed E-state index contributed by atoms with van der Waals surface area (Å²) in [6.07, 6.45) is 7.50. The number of ether oxygens (including phenoxy) is 1. The van der Waals surface area contributed by atoms with Gasteiger partial charge >= 0.3 is 0 Å². The maximum absolute atomic E-state index is 11.5. The van der Waals surface area contributed by atoms with Crippen molar-refractivity contribution in [3.05, 3.63) is 0 Å². The summed E-state index contributed by atoms with van der Waals surface area (Å²) in [5, 5.41) is 6.23. The minimum Gasteiger partial charge on any atom is -0.376 e. The Kier molecular flexibility index (Phi) is 4.60. The molecular weight excluding hydrogens is 204 g/mol. The Hall–Kier alpha value is -0.610. The van der Waals surface area contributed by atoms with Crippen molar-refractivity contribution in [2.24, 2.45) is 0 Å². The molecule has 0 spiro atoms. The molecule has 4 heteroatoms. The molecule has 4 nitrogen and oxygen atoms in total. The van der Waals surface area contributed by atoms with Crippen LogP contribution >= 0.6 is 0 Å². The molecule has 0 bridgehead atoms. The SMILES string of the molecule is O=C(CNC1CCCC1)NCC1CCCO1. The van der Waals surface area contributed by atoms with Gasteiger partial charge in [-0.25, -0.2) is 0 Å². The summed E-state index contributed by atoms with van der Waals surface area (Å²) in [5.41, 5.74) is 0. The van der Waals surface area contributed by atoms with Crippen LogP contribution in [-0.2, 0) is 9.53 Å². The summed E-state index contributed by atoms with van der Waals surface area (Å²) in [6, 6.07) is 0.563. The lowest BCUT2D eigenvalue weighted by atomic mass is 10.2. The van der Waals surface area contributed by atoms with Crippen LogP contribution in [0, 0.1) is 0 Å². The predicted octanol–water partition coefficient (Wildman–Crippen LogP) is 0.814. The summed E-state index contributed by atoms with van der Waals surface area (Å²) in [7, 11) is 0. The lowest BCUT2D eigenvalue weighted by Gasteiger charge is -2.13. The Morgan fingerprint density at radius 3 is 2.69 bits per heavy atom. The van der Waals surface area contributed by atoms with Crippen LogP contribution in [0.4, 0.5) is 0 Å². The van der Waals surface area contributed by atoms with Crippen LogP contribution < -0.4 is 10.6 Å². The molecule has 1 saturated heterocycles. The zero-order valence-electron chi connectivity index (χ0n) is 9.84. The van der Waals surface area contributed by atoms with Crippen LogP contribution in [0.3, 0.4) is 0 Å². The van der Waals surface area contributed by atoms with Gasteiger partial charge in [-0.2, -0.15) is 0 Å². The fourth-order valence-corrected chi connectivity index (χ4v) is 2.46. The van der Waals surface area contributed by atoms with Gasteiger partial charge in [-0.3, -0.25) is 4.79 Å². The number of amides is 1. The van der Waals surface area contributed by atoms with E-state index in [1.807, 2.05) is 0 Å². The van der Waals surface area contributed by atoms with E-state index >= 15 is 0 Å². The molecule has 92 valence electrons. The Balaban J connectivity index is 1.53. The van der Waals surface area contributed by atoms with Crippen LogP contribution in [0.15, 0.2) is 0 Å². The Morgan fingerprint density at radius 2 is 2.00 bits per heavy atom. The molecule has 1 unspecified atom stereocenters. The van der Waals surface area contributed by atoms with Crippen molar-refractivity contribution in [3.63, 3.8) is 0 Å². The van der Waals surface area contributed by atoms with Crippen molar-refractivity contribution < 1.29 is 9.53 Å². The molecule has 2 aliphatic rings. The second-order valence-corrected chi connectivity index (χ2v) is 4.80. The van der Waals surface area contributed by atoms with Gasteiger partial charge in [-0.05, 0) is 25.7 Å². The van der Waals surface area contributed by atoms with Crippen molar-refractivity contribution in [2.75, 3.05) is 19.7 Å². The average molecular weight is 226 g/mol. The smallest absolute Gasteiger partial charge is 0.234 e. The van der Waals surface area contributed by atoms with Gasteiger partial charge in [-0.1, -0.05) is 12.8 Å². The second kappa shape index (κ2) is 6.21. The minimum absolute atomic E-state index is 0.0994. The highest BCUT2D eigenvalue weighted by Gasteiger charge is 2.17. The number of rotatable bonds is 5. The second-order valence-electron chi connectivity index (χ2n) is 4.80. The first-order valence-corrected chi connectivity index (χ1v) is 6.46. The molecule has 1 heterocycles. The molecule has 1 amide bonds. The third-order valence-electron chi connectivity index (χ3n) is 3.46. The lowest BCUT2D eigenvalue weighted by Crippen LogP contribution is -2.40. The molecule has 1 saturated carbocycles. The van der Waals surface area contributed by atoms with Crippen molar-refractivity contribution >= 4 is 5.91 Å². The molecular formula is C12H22N2O2. The first kappa shape index (κ1) is 11.9. The number of carbonyl (C=O) groups excluding carboxylic acids is 1. The van der Waals surface area contributed by atoms with Crippen LogP contribution in [-0.4, -0.2) is 37.7 Å². The molecule has 0 radical (unpaired) electrons. The van der Waals surface area contributed by atoms with E-state index in [0.29, 0.717) is 19.1 Å². The molecule has 1 atom stereocenters. The van der Waals surface area contributed by atoms with Gasteiger partial charge in [-0.15, -0.1) is 0 Å². The monoisotopic (exact) mass is 226 g/mol. The summed E-state index contributed by atoms with van der Waals surface area (Å²) in [5.74, 6) is 0.0994. The van der Waals surface area contributed by atoms with Crippen LogP contribution in [0.5, 0.6) is 0 Å². The standard InChI is InChI=1S/C12H22N2O2/c15-12(9-13-10-4-1-2-5-10)14-8-11-6-3-7-16-11/h10-11,13H,1-9H2,(H,14,15). The van der Waals surface area contributed by atoms with Gasteiger partial charge in [0.05, 0.1) is 12.6 Å². The number of hydrogen-bond donors (Lipinski definition) is 2. The third-order valence-corrected chi connectivity index (χ3v) is 3.46. The van der Waals surface area contributed by atoms with E-state index in [1.54, 1.807) is 0 Å². The average Bonchev–Trinajstić information content (AvgIpc) is 2.96. The van der Waals surface area contributed by atoms with Crippen molar-refractivity contribution in [3.8, 4) is 0 Å². The van der Waals surface area contributed by atoms with Gasteiger partial charge in [0.1, 0.15) is 0 Å². The topological polar surface area (TPSA) is 50.4 Å². The molecule has 0 aromatic heterocycles. The Bertz CT molecular complexity index is 199. The maximum atomic E-state index is 11.5. The molecule has 0 aromatic rings. The van der Waals surface area contributed by atoms with E-state index < -0.39 is 0 Å². The van der Waals surface area contributed by atoms with E-state index in [-0.39, 0.29) is 12.0 Å². The predicted molar refractivity (Wildman–Crippen MR) is 62.2 cm³/mol. The van der Waals surface area contributed by atoms with Gasteiger partial charge < -0.3 is 15.4 Å². The Morgan fingerprint density at radius 1 is 1.19 bits per heavy atom. The van der Waals surface area contributed by atoms with E-state index in [0.717, 1.165) is 19.4 Å². The van der Waals surface area contributed by atoms with E-state index in [4.69, 9.17) is 4.74 Å². The number of carbonyl (C=O) groups is 1. The zero-order valence-corrected chi connectivity index (χ0v) is 9.84. The first-order valence-electron chi connectivity index (χ1n) is 6.46. The van der Waals surface area contributed by atoms with Crippen LogP contribution in [0.1, 0.15) is 38.5 Å². The number of nitrogens with one attached hydrogen (secondary N) is 2. The highest BCUT2D eigenvalue weighted by atomic mass is 16.5. The highest BCUT2D eigenvalue weighted by Crippen LogP contribution is 2.17. The molecule has 2 N–H and O–H groups in total. The van der Waals surface area contributed by atoms with Crippen LogP contribution in [0.25, 0.3) is 0 Å². The van der Waals surface area contributed by atoms with Gasteiger partial charge in [0.2, 0.25) is 5.91 Å². The normalized spacial score (nSPS) is 26.1. The molecule has 2 fully saturated rings. The van der Waals surface area contributed by atoms with Gasteiger partial charge in [0, 0.05) is 19.2 Å². The molecule has 16 heavy (non-hydrogen) atoms. The fourth-order valence-electron chi connectivity index (χ4n) is 2.46. The highest BCUT2D eigenvalue weighted by molar-refractivity contribution is 5.78.